The van der Waals surface area contributed by atoms with Gasteiger partial charge >= 0.3 is 0 Å². The van der Waals surface area contributed by atoms with Gasteiger partial charge in [0.05, 0.1) is 6.61 Å². The van der Waals surface area contributed by atoms with Gasteiger partial charge in [-0.2, -0.15) is 0 Å². The van der Waals surface area contributed by atoms with Gasteiger partial charge in [0.2, 0.25) is 0 Å². The zero-order valence-corrected chi connectivity index (χ0v) is 10.4. The number of hydrogen-bond donors (Lipinski definition) is 1. The first-order valence-electron chi connectivity index (χ1n) is 6.07. The number of nitrogens with two attached hydrogens (primary N) is 1. The Balaban J connectivity index is 2.41. The first-order valence-corrected chi connectivity index (χ1v) is 6.07. The van der Waals surface area contributed by atoms with E-state index in [1.165, 1.54) is 11.1 Å². The number of rotatable bonds is 2. The van der Waals surface area contributed by atoms with Gasteiger partial charge in [-0.05, 0) is 29.5 Å². The highest BCUT2D eigenvalue weighted by Gasteiger charge is 2.23. The first-order chi connectivity index (χ1) is 7.54. The lowest BCUT2D eigenvalue weighted by Crippen LogP contribution is -2.22. The van der Waals surface area contributed by atoms with Crippen molar-refractivity contribution in [3.63, 3.8) is 0 Å². The van der Waals surface area contributed by atoms with Gasteiger partial charge in [-0.3, -0.25) is 0 Å². The molecular weight excluding hydrogens is 198 g/mol. The Kier molecular flexibility index (Phi) is 2.94. The molecule has 1 aliphatic rings. The second-order valence-electron chi connectivity index (χ2n) is 5.23. The van der Waals surface area contributed by atoms with Gasteiger partial charge in [-0.1, -0.05) is 26.8 Å². The quantitative estimate of drug-likeness (QED) is 0.829. The fourth-order valence-corrected chi connectivity index (χ4v) is 2.05. The Hall–Kier alpha value is -1.02. The van der Waals surface area contributed by atoms with E-state index in [4.69, 9.17) is 10.5 Å². The molecule has 1 aromatic rings. The van der Waals surface area contributed by atoms with Gasteiger partial charge in [0.1, 0.15) is 5.75 Å². The highest BCUT2D eigenvalue weighted by molar-refractivity contribution is 5.42. The Morgan fingerprint density at radius 1 is 1.44 bits per heavy atom. The van der Waals surface area contributed by atoms with E-state index in [0.717, 1.165) is 25.2 Å². The third-order valence-electron chi connectivity index (χ3n) is 3.76. The predicted molar refractivity (Wildman–Crippen MR) is 66.8 cm³/mol. The minimum Gasteiger partial charge on any atom is -0.493 e. The van der Waals surface area contributed by atoms with Gasteiger partial charge in [0, 0.05) is 18.0 Å². The summed E-state index contributed by atoms with van der Waals surface area (Å²) in [6.45, 7) is 7.49. The Labute approximate surface area is 97.8 Å². The maximum absolute atomic E-state index is 6.12. The van der Waals surface area contributed by atoms with Crippen LogP contribution >= 0.6 is 0 Å². The van der Waals surface area contributed by atoms with Crippen molar-refractivity contribution < 1.29 is 4.74 Å². The van der Waals surface area contributed by atoms with E-state index < -0.39 is 0 Å². The van der Waals surface area contributed by atoms with E-state index in [9.17, 15) is 0 Å². The van der Waals surface area contributed by atoms with Crippen molar-refractivity contribution in [2.45, 2.75) is 45.1 Å². The van der Waals surface area contributed by atoms with Gasteiger partial charge in [0.15, 0.2) is 0 Å². The van der Waals surface area contributed by atoms with E-state index in [2.05, 4.69) is 39.0 Å². The average Bonchev–Trinajstić information content (AvgIpc) is 2.29. The van der Waals surface area contributed by atoms with Crippen LogP contribution < -0.4 is 10.5 Å². The van der Waals surface area contributed by atoms with Crippen LogP contribution in [-0.2, 0) is 5.41 Å². The lowest BCUT2D eigenvalue weighted by Gasteiger charge is -2.28. The molecular formula is C14H21NO. The van der Waals surface area contributed by atoms with Crippen molar-refractivity contribution in [3.8, 4) is 5.75 Å². The van der Waals surface area contributed by atoms with E-state index in [-0.39, 0.29) is 11.5 Å². The lowest BCUT2D eigenvalue weighted by atomic mass is 9.80. The molecule has 1 aromatic carbocycles. The van der Waals surface area contributed by atoms with Crippen molar-refractivity contribution >= 4 is 0 Å². The molecule has 0 aromatic heterocycles. The first kappa shape index (κ1) is 11.5. The molecule has 2 heteroatoms. The molecule has 0 fully saturated rings. The molecule has 0 radical (unpaired) electrons. The van der Waals surface area contributed by atoms with Crippen molar-refractivity contribution in [2.75, 3.05) is 6.61 Å². The van der Waals surface area contributed by atoms with Crippen molar-refractivity contribution in [1.29, 1.82) is 0 Å². The molecule has 0 aliphatic carbocycles. The zero-order chi connectivity index (χ0) is 11.8. The fourth-order valence-electron chi connectivity index (χ4n) is 2.05. The Bertz CT molecular complexity index is 384. The molecule has 0 unspecified atom stereocenters. The smallest absolute Gasteiger partial charge is 0.124 e. The predicted octanol–water partition coefficient (Wildman–Crippen LogP) is 3.16. The van der Waals surface area contributed by atoms with Crippen molar-refractivity contribution in [3.05, 3.63) is 29.3 Å². The maximum Gasteiger partial charge on any atom is 0.124 e. The lowest BCUT2D eigenvalue weighted by molar-refractivity contribution is 0.268. The summed E-state index contributed by atoms with van der Waals surface area (Å²) in [6.07, 6.45) is 2.05. The number of fused-ring (bicyclic) bond motifs is 1. The summed E-state index contributed by atoms with van der Waals surface area (Å²) in [5, 5.41) is 0. The summed E-state index contributed by atoms with van der Waals surface area (Å²) in [5.74, 6) is 0.967. The van der Waals surface area contributed by atoms with Gasteiger partial charge in [-0.15, -0.1) is 0 Å². The van der Waals surface area contributed by atoms with Gasteiger partial charge < -0.3 is 10.5 Å². The summed E-state index contributed by atoms with van der Waals surface area (Å²) in [5.41, 5.74) is 8.86. The molecule has 0 bridgehead atoms. The van der Waals surface area contributed by atoms with Crippen LogP contribution in [0.15, 0.2) is 18.2 Å². The minimum absolute atomic E-state index is 0.136. The molecule has 1 heterocycles. The van der Waals surface area contributed by atoms with Crippen molar-refractivity contribution in [1.82, 2.24) is 0 Å². The van der Waals surface area contributed by atoms with Crippen LogP contribution in [0, 0.1) is 0 Å². The Morgan fingerprint density at radius 3 is 2.88 bits per heavy atom. The van der Waals surface area contributed by atoms with Crippen LogP contribution in [0.5, 0.6) is 5.75 Å². The second-order valence-corrected chi connectivity index (χ2v) is 5.23. The molecule has 16 heavy (non-hydrogen) atoms. The second kappa shape index (κ2) is 4.10. The SMILES string of the molecule is CCC(C)(C)c1ccc2c(c1)[C@H](N)CCO2. The average molecular weight is 219 g/mol. The Morgan fingerprint density at radius 2 is 2.19 bits per heavy atom. The molecule has 2 rings (SSSR count). The van der Waals surface area contributed by atoms with Crippen LogP contribution in [0.3, 0.4) is 0 Å². The van der Waals surface area contributed by atoms with Crippen LogP contribution in [0.4, 0.5) is 0 Å². The van der Waals surface area contributed by atoms with E-state index in [1.807, 2.05) is 0 Å². The van der Waals surface area contributed by atoms with E-state index in [1.54, 1.807) is 0 Å². The van der Waals surface area contributed by atoms with Gasteiger partial charge in [-0.25, -0.2) is 0 Å². The molecule has 2 nitrogen and oxygen atoms in total. The summed E-state index contributed by atoms with van der Waals surface area (Å²) in [7, 11) is 0. The van der Waals surface area contributed by atoms with Crippen LogP contribution in [0.2, 0.25) is 0 Å². The van der Waals surface area contributed by atoms with Crippen LogP contribution in [0.1, 0.15) is 50.8 Å². The normalized spacial score (nSPS) is 20.1. The largest absolute Gasteiger partial charge is 0.493 e. The van der Waals surface area contributed by atoms with Crippen LogP contribution in [-0.4, -0.2) is 6.61 Å². The monoisotopic (exact) mass is 219 g/mol. The molecule has 1 atom stereocenters. The molecule has 1 aliphatic heterocycles. The van der Waals surface area contributed by atoms with Gasteiger partial charge in [0.25, 0.3) is 0 Å². The molecule has 0 amide bonds. The molecule has 0 saturated carbocycles. The summed E-state index contributed by atoms with van der Waals surface area (Å²) in [4.78, 5) is 0. The molecule has 2 N–H and O–H groups in total. The van der Waals surface area contributed by atoms with Crippen molar-refractivity contribution in [2.24, 2.45) is 5.73 Å². The maximum atomic E-state index is 6.12. The van der Waals surface area contributed by atoms with Crippen LogP contribution in [0.25, 0.3) is 0 Å². The topological polar surface area (TPSA) is 35.2 Å². The highest BCUT2D eigenvalue weighted by atomic mass is 16.5. The summed E-state index contributed by atoms with van der Waals surface area (Å²) >= 11 is 0. The van der Waals surface area contributed by atoms with E-state index in [0.29, 0.717) is 0 Å². The third-order valence-corrected chi connectivity index (χ3v) is 3.76. The summed E-state index contributed by atoms with van der Waals surface area (Å²) < 4.78 is 5.62. The molecule has 0 spiro atoms. The highest BCUT2D eigenvalue weighted by Crippen LogP contribution is 2.35. The minimum atomic E-state index is 0.136. The fraction of sp³-hybridized carbons (Fsp3) is 0.571. The molecule has 0 saturated heterocycles. The molecule has 88 valence electrons. The summed E-state index contributed by atoms with van der Waals surface area (Å²) in [6, 6.07) is 6.60. The third kappa shape index (κ3) is 1.94. The van der Waals surface area contributed by atoms with E-state index >= 15 is 0 Å². The zero-order valence-electron chi connectivity index (χ0n) is 10.4. The number of hydrogen-bond acceptors (Lipinski definition) is 2. The standard InChI is InChI=1S/C14H21NO/c1-4-14(2,3)10-5-6-13-11(9-10)12(15)7-8-16-13/h5-6,9,12H,4,7-8,15H2,1-3H3/t12-/m1/s1. The number of benzene rings is 1. The number of ether oxygens (including phenoxy) is 1.